The molecule has 0 unspecified atom stereocenters. The lowest BCUT2D eigenvalue weighted by molar-refractivity contribution is 0.0603. The minimum absolute atomic E-state index is 0.151. The molecule has 0 aliphatic carbocycles. The smallest absolute Gasteiger partial charge is 0.338 e. The molecule has 4 N–H and O–H groups in total. The summed E-state index contributed by atoms with van der Waals surface area (Å²) in [6.07, 6.45) is 0. The van der Waals surface area contributed by atoms with Crippen LogP contribution in [0.5, 0.6) is 11.5 Å². The highest BCUT2D eigenvalue weighted by Crippen LogP contribution is 2.39. The van der Waals surface area contributed by atoms with Crippen molar-refractivity contribution in [2.24, 2.45) is 5.73 Å². The standard InChI is InChI=1S/C21H17NO3.C20H16N2O2/c1-25-21(24)15-9-5-10-16-19(15)20-17(11-6-12-18(20)23)22(16)13-14-7-3-2-4-8-14;21-20(24)14-8-4-9-15-18(14)19-16(10-5-11-17(19)23)22(15)12-13-6-2-1-3-7-13/h2-12,23H,13H2,1H3;1-11,23H,12H2,(H2,21,24). The number of primary amides is 1. The molecule has 8 heteroatoms. The Bertz CT molecular complexity index is 2500. The number of rotatable bonds is 6. The van der Waals surface area contributed by atoms with Crippen molar-refractivity contribution in [1.29, 1.82) is 0 Å². The summed E-state index contributed by atoms with van der Waals surface area (Å²) in [4.78, 5) is 24.1. The quantitative estimate of drug-likeness (QED) is 0.158. The molecule has 1 amide bonds. The summed E-state index contributed by atoms with van der Waals surface area (Å²) in [5.41, 5.74) is 12.3. The van der Waals surface area contributed by atoms with Gasteiger partial charge in [-0.15, -0.1) is 0 Å². The normalized spacial score (nSPS) is 11.1. The third kappa shape index (κ3) is 5.59. The van der Waals surface area contributed by atoms with Gasteiger partial charge in [0.05, 0.1) is 45.5 Å². The van der Waals surface area contributed by atoms with Crippen LogP contribution in [-0.2, 0) is 17.8 Å². The number of ether oxygens (including phenoxy) is 1. The molecule has 6 aromatic carbocycles. The van der Waals surface area contributed by atoms with Crippen LogP contribution in [0.3, 0.4) is 0 Å². The molecular weight excluding hydrogens is 614 g/mol. The molecule has 8 nitrogen and oxygen atoms in total. The summed E-state index contributed by atoms with van der Waals surface area (Å²) in [5.74, 6) is -0.598. The molecule has 0 bridgehead atoms. The van der Waals surface area contributed by atoms with Gasteiger partial charge in [-0.1, -0.05) is 84.9 Å². The second-order valence-corrected chi connectivity index (χ2v) is 11.7. The van der Waals surface area contributed by atoms with E-state index in [0.29, 0.717) is 40.4 Å². The van der Waals surface area contributed by atoms with Gasteiger partial charge in [0.15, 0.2) is 0 Å². The van der Waals surface area contributed by atoms with Gasteiger partial charge in [0.25, 0.3) is 0 Å². The Kier molecular flexibility index (Phi) is 8.20. The summed E-state index contributed by atoms with van der Waals surface area (Å²) in [6, 6.07) is 42.0. The highest BCUT2D eigenvalue weighted by Gasteiger charge is 2.21. The highest BCUT2D eigenvalue weighted by molar-refractivity contribution is 6.20. The Labute approximate surface area is 281 Å². The number of phenols is 2. The topological polar surface area (TPSA) is 120 Å². The maximum Gasteiger partial charge on any atom is 0.338 e. The number of benzene rings is 6. The van der Waals surface area contributed by atoms with Crippen LogP contribution in [0.4, 0.5) is 0 Å². The molecule has 2 aromatic heterocycles. The molecule has 8 rings (SSSR count). The molecule has 8 aromatic rings. The molecule has 0 spiro atoms. The number of amides is 1. The van der Waals surface area contributed by atoms with Crippen LogP contribution >= 0.6 is 0 Å². The summed E-state index contributed by atoms with van der Waals surface area (Å²) in [5, 5.41) is 23.6. The van der Waals surface area contributed by atoms with Gasteiger partial charge in [-0.3, -0.25) is 4.79 Å². The van der Waals surface area contributed by atoms with Crippen molar-refractivity contribution < 1.29 is 24.5 Å². The van der Waals surface area contributed by atoms with Crippen LogP contribution in [0, 0.1) is 0 Å². The van der Waals surface area contributed by atoms with Crippen molar-refractivity contribution in [3.63, 3.8) is 0 Å². The Morgan fingerprint density at radius 2 is 0.918 bits per heavy atom. The van der Waals surface area contributed by atoms with E-state index in [-0.39, 0.29) is 11.5 Å². The van der Waals surface area contributed by atoms with Gasteiger partial charge in [0.2, 0.25) is 5.91 Å². The summed E-state index contributed by atoms with van der Waals surface area (Å²) in [7, 11) is 1.37. The molecule has 0 radical (unpaired) electrons. The lowest BCUT2D eigenvalue weighted by Gasteiger charge is -2.08. The number of hydrogen-bond donors (Lipinski definition) is 3. The zero-order valence-corrected chi connectivity index (χ0v) is 26.7. The first kappa shape index (κ1) is 31.1. The highest BCUT2D eigenvalue weighted by atomic mass is 16.5. The number of phenolic OH excluding ortho intramolecular Hbond substituents is 2. The molecule has 2 heterocycles. The Hall–Kier alpha value is -6.54. The zero-order chi connectivity index (χ0) is 34.1. The number of carbonyl (C=O) groups excluding carboxylic acids is 2. The lowest BCUT2D eigenvalue weighted by Crippen LogP contribution is -2.11. The van der Waals surface area contributed by atoms with Gasteiger partial charge < -0.3 is 29.8 Å². The average Bonchev–Trinajstić information content (AvgIpc) is 3.63. The third-order valence-electron chi connectivity index (χ3n) is 8.83. The first-order chi connectivity index (χ1) is 23.9. The van der Waals surface area contributed by atoms with Crippen molar-refractivity contribution in [3.8, 4) is 11.5 Å². The lowest BCUT2D eigenvalue weighted by atomic mass is 10.1. The summed E-state index contributed by atoms with van der Waals surface area (Å²) < 4.78 is 9.15. The summed E-state index contributed by atoms with van der Waals surface area (Å²) in [6.45, 7) is 1.29. The van der Waals surface area contributed by atoms with Gasteiger partial charge >= 0.3 is 5.97 Å². The fourth-order valence-corrected chi connectivity index (χ4v) is 6.69. The number of aromatic hydroxyl groups is 2. The third-order valence-corrected chi connectivity index (χ3v) is 8.83. The van der Waals surface area contributed by atoms with Crippen LogP contribution in [-0.4, -0.2) is 38.3 Å². The van der Waals surface area contributed by atoms with Crippen molar-refractivity contribution in [2.75, 3.05) is 7.11 Å². The van der Waals surface area contributed by atoms with Crippen LogP contribution in [0.1, 0.15) is 31.8 Å². The molecule has 0 saturated heterocycles. The first-order valence-corrected chi connectivity index (χ1v) is 15.8. The van der Waals surface area contributed by atoms with Gasteiger partial charge in [0, 0.05) is 29.4 Å². The minimum Gasteiger partial charge on any atom is -0.507 e. The maximum atomic E-state index is 12.2. The molecule has 49 heavy (non-hydrogen) atoms. The van der Waals surface area contributed by atoms with Crippen molar-refractivity contribution in [1.82, 2.24) is 9.13 Å². The van der Waals surface area contributed by atoms with Gasteiger partial charge in [-0.25, -0.2) is 4.79 Å². The van der Waals surface area contributed by atoms with Crippen LogP contribution in [0.15, 0.2) is 133 Å². The van der Waals surface area contributed by atoms with Gasteiger partial charge in [0.1, 0.15) is 11.5 Å². The predicted octanol–water partition coefficient (Wildman–Crippen LogP) is 7.98. The molecule has 0 fully saturated rings. The SMILES string of the molecule is COC(=O)c1cccc2c1c1c(O)cccc1n2Cc1ccccc1.NC(=O)c1cccc2c1c1c(O)cccc1n2Cc1ccccc1. The van der Waals surface area contributed by atoms with Crippen LogP contribution < -0.4 is 5.73 Å². The van der Waals surface area contributed by atoms with E-state index in [1.165, 1.54) is 7.11 Å². The largest absolute Gasteiger partial charge is 0.507 e. The van der Waals surface area contributed by atoms with Crippen molar-refractivity contribution in [2.45, 2.75) is 13.1 Å². The number of nitrogens with two attached hydrogens (primary N) is 1. The molecule has 0 aliphatic rings. The average molecular weight is 648 g/mol. The minimum atomic E-state index is -0.498. The number of fused-ring (bicyclic) bond motifs is 6. The first-order valence-electron chi connectivity index (χ1n) is 15.8. The van der Waals surface area contributed by atoms with E-state index in [2.05, 4.69) is 33.4 Å². The number of methoxy groups -OCH3 is 1. The molecular formula is C41H33N3O5. The van der Waals surface area contributed by atoms with Crippen molar-refractivity contribution >= 4 is 55.5 Å². The predicted molar refractivity (Wildman–Crippen MR) is 193 cm³/mol. The maximum absolute atomic E-state index is 12.2. The Morgan fingerprint density at radius 3 is 1.35 bits per heavy atom. The van der Waals surface area contributed by atoms with Crippen molar-refractivity contribution in [3.05, 3.63) is 156 Å². The number of carbonyl (C=O) groups is 2. The number of aromatic nitrogens is 2. The number of hydrogen-bond acceptors (Lipinski definition) is 5. The number of esters is 1. The molecule has 0 aliphatic heterocycles. The fraction of sp³-hybridized carbons (Fsp3) is 0.0732. The molecule has 242 valence electrons. The van der Waals surface area contributed by atoms with E-state index >= 15 is 0 Å². The summed E-state index contributed by atoms with van der Waals surface area (Å²) >= 11 is 0. The Balaban J connectivity index is 0.000000154. The fourth-order valence-electron chi connectivity index (χ4n) is 6.69. The molecule has 0 atom stereocenters. The van der Waals surface area contributed by atoms with Crippen LogP contribution in [0.2, 0.25) is 0 Å². The van der Waals surface area contributed by atoms with E-state index < -0.39 is 11.9 Å². The van der Waals surface area contributed by atoms with E-state index in [9.17, 15) is 19.8 Å². The van der Waals surface area contributed by atoms with Gasteiger partial charge in [-0.2, -0.15) is 0 Å². The van der Waals surface area contributed by atoms with E-state index in [0.717, 1.165) is 38.6 Å². The van der Waals surface area contributed by atoms with E-state index in [4.69, 9.17) is 10.5 Å². The molecule has 0 saturated carbocycles. The van der Waals surface area contributed by atoms with E-state index in [1.54, 1.807) is 24.3 Å². The number of nitrogens with zero attached hydrogens (tertiary/aromatic N) is 2. The second-order valence-electron chi connectivity index (χ2n) is 11.7. The zero-order valence-electron chi connectivity index (χ0n) is 26.7. The van der Waals surface area contributed by atoms with Gasteiger partial charge in [-0.05, 0) is 59.7 Å². The monoisotopic (exact) mass is 647 g/mol. The Morgan fingerprint density at radius 1 is 0.531 bits per heavy atom. The second kappa shape index (κ2) is 12.9. The van der Waals surface area contributed by atoms with E-state index in [1.807, 2.05) is 84.9 Å². The van der Waals surface area contributed by atoms with Crippen LogP contribution in [0.25, 0.3) is 43.6 Å².